The molecule has 1 rings (SSSR count). The number of likely N-dealkylation sites (N-methyl/N-ethyl adjacent to an activating group) is 1. The molecule has 0 aromatic rings. The summed E-state index contributed by atoms with van der Waals surface area (Å²) in [5.74, 6) is -0.0533. The minimum atomic E-state index is -3.10. The first-order valence-electron chi connectivity index (χ1n) is 6.91. The van der Waals surface area contributed by atoms with Gasteiger partial charge in [0.1, 0.15) is 0 Å². The van der Waals surface area contributed by atoms with Crippen molar-refractivity contribution < 1.29 is 13.2 Å². The molecular formula is C14H25NO3S. The molecule has 0 spiro atoms. The molecule has 0 aromatic heterocycles. The third kappa shape index (κ3) is 4.06. The van der Waals surface area contributed by atoms with Crippen LogP contribution in [-0.4, -0.2) is 43.8 Å². The number of hydrogen-bond acceptors (Lipinski definition) is 3. The van der Waals surface area contributed by atoms with E-state index in [4.69, 9.17) is 0 Å². The molecule has 1 amide bonds. The van der Waals surface area contributed by atoms with E-state index in [1.807, 2.05) is 13.0 Å². The third-order valence-corrected chi connectivity index (χ3v) is 5.53. The van der Waals surface area contributed by atoms with Crippen LogP contribution in [0.5, 0.6) is 0 Å². The molecule has 1 fully saturated rings. The number of allylic oxidation sites excluding steroid dienone is 1. The van der Waals surface area contributed by atoms with Gasteiger partial charge in [-0.25, -0.2) is 8.42 Å². The molecule has 0 bridgehead atoms. The number of amides is 1. The van der Waals surface area contributed by atoms with E-state index in [0.717, 1.165) is 25.7 Å². The average Bonchev–Trinajstić information content (AvgIpc) is 2.36. The van der Waals surface area contributed by atoms with E-state index in [9.17, 15) is 13.2 Å². The molecule has 0 N–H and O–H groups in total. The monoisotopic (exact) mass is 287 g/mol. The van der Waals surface area contributed by atoms with E-state index >= 15 is 0 Å². The van der Waals surface area contributed by atoms with Gasteiger partial charge in [0.15, 0.2) is 9.84 Å². The SMILES string of the molecule is CC/C=C(\C)C(=O)N(C)C1CCCCC1S(C)(=O)=O. The number of carbonyl (C=O) groups excluding carboxylic acids is 1. The molecular weight excluding hydrogens is 262 g/mol. The molecule has 0 saturated heterocycles. The second-order valence-electron chi connectivity index (χ2n) is 5.43. The van der Waals surface area contributed by atoms with E-state index in [1.165, 1.54) is 6.26 Å². The molecule has 5 heteroatoms. The Morgan fingerprint density at radius 3 is 2.42 bits per heavy atom. The van der Waals surface area contributed by atoms with Gasteiger partial charge < -0.3 is 4.90 Å². The lowest BCUT2D eigenvalue weighted by Crippen LogP contribution is -2.49. The van der Waals surface area contributed by atoms with Crippen LogP contribution in [0.25, 0.3) is 0 Å². The molecule has 1 aliphatic rings. The first kappa shape index (κ1) is 16.2. The van der Waals surface area contributed by atoms with Gasteiger partial charge in [-0.2, -0.15) is 0 Å². The van der Waals surface area contributed by atoms with E-state index in [1.54, 1.807) is 18.9 Å². The van der Waals surface area contributed by atoms with Crippen LogP contribution in [-0.2, 0) is 14.6 Å². The van der Waals surface area contributed by atoms with Gasteiger partial charge in [-0.1, -0.05) is 25.8 Å². The second-order valence-corrected chi connectivity index (χ2v) is 7.70. The lowest BCUT2D eigenvalue weighted by molar-refractivity contribution is -0.128. The lowest BCUT2D eigenvalue weighted by Gasteiger charge is -2.37. The Hall–Kier alpha value is -0.840. The molecule has 0 aromatic carbocycles. The zero-order valence-electron chi connectivity index (χ0n) is 12.3. The number of sulfone groups is 1. The number of hydrogen-bond donors (Lipinski definition) is 0. The summed E-state index contributed by atoms with van der Waals surface area (Å²) in [7, 11) is -1.38. The molecule has 0 heterocycles. The lowest BCUT2D eigenvalue weighted by atomic mass is 9.93. The molecule has 110 valence electrons. The fraction of sp³-hybridized carbons (Fsp3) is 0.786. The summed E-state index contributed by atoms with van der Waals surface area (Å²) in [6.07, 6.45) is 7.34. The van der Waals surface area contributed by atoms with Crippen LogP contribution in [0.3, 0.4) is 0 Å². The zero-order chi connectivity index (χ0) is 14.6. The Morgan fingerprint density at radius 1 is 1.32 bits per heavy atom. The van der Waals surface area contributed by atoms with Crippen LogP contribution < -0.4 is 0 Å². The van der Waals surface area contributed by atoms with Crippen LogP contribution >= 0.6 is 0 Å². The van der Waals surface area contributed by atoms with Crippen molar-refractivity contribution in [2.75, 3.05) is 13.3 Å². The minimum Gasteiger partial charge on any atom is -0.338 e. The molecule has 0 radical (unpaired) electrons. The van der Waals surface area contributed by atoms with Gasteiger partial charge in [0.05, 0.1) is 5.25 Å². The molecule has 1 saturated carbocycles. The van der Waals surface area contributed by atoms with Crippen molar-refractivity contribution in [2.24, 2.45) is 0 Å². The van der Waals surface area contributed by atoms with Crippen molar-refractivity contribution in [1.29, 1.82) is 0 Å². The summed E-state index contributed by atoms with van der Waals surface area (Å²) in [5.41, 5.74) is 0.697. The van der Waals surface area contributed by atoms with Gasteiger partial charge in [-0.3, -0.25) is 4.79 Å². The fourth-order valence-electron chi connectivity index (χ4n) is 2.84. The minimum absolute atomic E-state index is 0.0533. The topological polar surface area (TPSA) is 54.5 Å². The van der Waals surface area contributed by atoms with Crippen LogP contribution in [0, 0.1) is 0 Å². The Bertz CT molecular complexity index is 453. The molecule has 1 aliphatic carbocycles. The second kappa shape index (κ2) is 6.55. The summed E-state index contributed by atoms with van der Waals surface area (Å²) >= 11 is 0. The van der Waals surface area contributed by atoms with Crippen molar-refractivity contribution in [3.63, 3.8) is 0 Å². The van der Waals surface area contributed by atoms with E-state index in [2.05, 4.69) is 0 Å². The van der Waals surface area contributed by atoms with Gasteiger partial charge in [-0.15, -0.1) is 0 Å². The number of nitrogens with zero attached hydrogens (tertiary/aromatic N) is 1. The summed E-state index contributed by atoms with van der Waals surface area (Å²) < 4.78 is 23.7. The van der Waals surface area contributed by atoms with Crippen molar-refractivity contribution >= 4 is 15.7 Å². The smallest absolute Gasteiger partial charge is 0.249 e. The molecule has 19 heavy (non-hydrogen) atoms. The first-order valence-corrected chi connectivity index (χ1v) is 8.87. The number of carbonyl (C=O) groups is 1. The Kier molecular flexibility index (Phi) is 5.59. The van der Waals surface area contributed by atoms with Crippen molar-refractivity contribution in [3.05, 3.63) is 11.6 Å². The number of rotatable bonds is 4. The summed E-state index contributed by atoms with van der Waals surface area (Å²) in [6.45, 7) is 3.78. The van der Waals surface area contributed by atoms with Gasteiger partial charge in [0, 0.05) is 24.9 Å². The highest BCUT2D eigenvalue weighted by Gasteiger charge is 2.36. The first-order chi connectivity index (χ1) is 8.79. The van der Waals surface area contributed by atoms with E-state index in [0.29, 0.717) is 12.0 Å². The quantitative estimate of drug-likeness (QED) is 0.745. The fourth-order valence-corrected chi connectivity index (χ4v) is 4.33. The Balaban J connectivity index is 2.92. The van der Waals surface area contributed by atoms with Crippen molar-refractivity contribution in [1.82, 2.24) is 4.90 Å². The highest BCUT2D eigenvalue weighted by atomic mass is 32.2. The third-order valence-electron chi connectivity index (χ3n) is 3.88. The summed E-state index contributed by atoms with van der Waals surface area (Å²) in [5, 5.41) is -0.412. The van der Waals surface area contributed by atoms with Gasteiger partial charge in [-0.05, 0) is 26.2 Å². The maximum Gasteiger partial charge on any atom is 0.249 e. The van der Waals surface area contributed by atoms with Gasteiger partial charge in [0.25, 0.3) is 0 Å². The Labute approximate surface area is 116 Å². The normalized spacial score (nSPS) is 25.2. The maximum absolute atomic E-state index is 12.3. The van der Waals surface area contributed by atoms with Crippen LogP contribution in [0.4, 0.5) is 0 Å². The predicted octanol–water partition coefficient (Wildman–Crippen LogP) is 2.16. The Morgan fingerprint density at radius 2 is 1.89 bits per heavy atom. The van der Waals surface area contributed by atoms with Gasteiger partial charge >= 0.3 is 0 Å². The van der Waals surface area contributed by atoms with E-state index < -0.39 is 15.1 Å². The highest BCUT2D eigenvalue weighted by molar-refractivity contribution is 7.91. The molecule has 2 unspecified atom stereocenters. The average molecular weight is 287 g/mol. The van der Waals surface area contributed by atoms with Crippen LogP contribution in [0.1, 0.15) is 46.0 Å². The zero-order valence-corrected chi connectivity index (χ0v) is 13.2. The maximum atomic E-state index is 12.3. The molecule has 4 nitrogen and oxygen atoms in total. The van der Waals surface area contributed by atoms with Crippen LogP contribution in [0.2, 0.25) is 0 Å². The van der Waals surface area contributed by atoms with Crippen LogP contribution in [0.15, 0.2) is 11.6 Å². The van der Waals surface area contributed by atoms with E-state index in [-0.39, 0.29) is 11.9 Å². The largest absolute Gasteiger partial charge is 0.338 e. The van der Waals surface area contributed by atoms with Gasteiger partial charge in [0.2, 0.25) is 5.91 Å². The summed E-state index contributed by atoms with van der Waals surface area (Å²) in [6, 6.07) is -0.184. The van der Waals surface area contributed by atoms with Crippen molar-refractivity contribution in [2.45, 2.75) is 57.2 Å². The molecule has 2 atom stereocenters. The highest BCUT2D eigenvalue weighted by Crippen LogP contribution is 2.28. The molecule has 0 aliphatic heterocycles. The predicted molar refractivity (Wildman–Crippen MR) is 77.7 cm³/mol. The standard InChI is InChI=1S/C14H25NO3S/c1-5-8-11(2)14(16)15(3)12-9-6-7-10-13(12)19(4,17)18/h8,12-13H,5-7,9-10H2,1-4H3/b11-8+. The van der Waals surface area contributed by atoms with Crippen molar-refractivity contribution in [3.8, 4) is 0 Å². The summed E-state index contributed by atoms with van der Waals surface area (Å²) in [4.78, 5) is 13.9.